The van der Waals surface area contributed by atoms with Crippen molar-refractivity contribution < 1.29 is 37.7 Å². The molecule has 7 rings (SSSR count). The Labute approximate surface area is 338 Å². The molecule has 2 aliphatic heterocycles. The molecule has 0 radical (unpaired) electrons. The van der Waals surface area contributed by atoms with Crippen molar-refractivity contribution in [2.45, 2.75) is 110 Å². The highest BCUT2D eigenvalue weighted by atomic mass is 35.5. The van der Waals surface area contributed by atoms with Gasteiger partial charge < -0.3 is 44.6 Å². The number of alkyl carbamates (subject to hydrolysis) is 1. The maximum Gasteiger partial charge on any atom is 0.408 e. The predicted molar refractivity (Wildman–Crippen MR) is 214 cm³/mol. The number of nitrogens with two attached hydrogens (primary N) is 1. The van der Waals surface area contributed by atoms with Crippen molar-refractivity contribution in [3.63, 3.8) is 0 Å². The fourth-order valence-electron chi connectivity index (χ4n) is 8.27. The van der Waals surface area contributed by atoms with Crippen LogP contribution in [0.3, 0.4) is 0 Å². The van der Waals surface area contributed by atoms with Crippen LogP contribution in [-0.2, 0) is 19.1 Å². The molecule has 2 aliphatic carbocycles. The third-order valence-corrected chi connectivity index (χ3v) is 11.8. The van der Waals surface area contributed by atoms with Crippen LogP contribution >= 0.6 is 11.6 Å². The molecule has 16 heteroatoms. The summed E-state index contributed by atoms with van der Waals surface area (Å²) in [5.74, 6) is 1.02. The van der Waals surface area contributed by atoms with Crippen molar-refractivity contribution in [1.29, 1.82) is 0 Å². The Morgan fingerprint density at radius 3 is 2.49 bits per heavy atom. The van der Waals surface area contributed by atoms with Gasteiger partial charge in [-0.25, -0.2) is 9.78 Å². The van der Waals surface area contributed by atoms with Crippen molar-refractivity contribution in [1.82, 2.24) is 25.1 Å². The molecule has 3 amide bonds. The number of pyridine rings is 1. The molecule has 0 spiro atoms. The first-order valence-corrected chi connectivity index (χ1v) is 20.4. The van der Waals surface area contributed by atoms with Gasteiger partial charge in [0.1, 0.15) is 59.4 Å². The Hall–Kier alpha value is -4.34. The number of hydrogen-bond donors (Lipinski definition) is 3. The summed E-state index contributed by atoms with van der Waals surface area (Å²) in [6.45, 7) is 17.1. The predicted octanol–water partition coefficient (Wildman–Crippen LogP) is 5.63. The lowest BCUT2D eigenvalue weighted by Gasteiger charge is -2.41. The summed E-state index contributed by atoms with van der Waals surface area (Å²) in [6.07, 6.45) is 3.09. The first-order chi connectivity index (χ1) is 27.0. The number of hydrogen-bond acceptors (Lipinski definition) is 12. The number of rotatable bonds is 13. The summed E-state index contributed by atoms with van der Waals surface area (Å²) >= 11 is 7.06. The highest BCUT2D eigenvalue weighted by Gasteiger charge is 2.49. The molecule has 0 bridgehead atoms. The van der Waals surface area contributed by atoms with Crippen LogP contribution in [0.1, 0.15) is 74.1 Å². The van der Waals surface area contributed by atoms with E-state index in [0.717, 1.165) is 19.4 Å². The van der Waals surface area contributed by atoms with Crippen molar-refractivity contribution in [2.24, 2.45) is 23.0 Å². The molecule has 2 saturated heterocycles. The molecule has 15 nitrogen and oxygen atoms in total. The van der Waals surface area contributed by atoms with Gasteiger partial charge in [0, 0.05) is 42.5 Å². The summed E-state index contributed by atoms with van der Waals surface area (Å²) in [4.78, 5) is 53.5. The zero-order chi connectivity index (χ0) is 40.8. The summed E-state index contributed by atoms with van der Waals surface area (Å²) in [6, 6.07) is 3.82. The van der Waals surface area contributed by atoms with Crippen LogP contribution in [0.2, 0.25) is 5.02 Å². The van der Waals surface area contributed by atoms with E-state index in [-0.39, 0.29) is 30.7 Å². The van der Waals surface area contributed by atoms with Gasteiger partial charge in [0.25, 0.3) is 6.01 Å². The third kappa shape index (κ3) is 9.20. The van der Waals surface area contributed by atoms with E-state index in [1.54, 1.807) is 12.1 Å². The first kappa shape index (κ1) is 40.8. The number of benzene rings is 1. The quantitative estimate of drug-likeness (QED) is 0.194. The van der Waals surface area contributed by atoms with Crippen LogP contribution in [0.25, 0.3) is 22.3 Å². The molecule has 310 valence electrons. The number of carbonyl (C=O) groups excluding carboxylic acids is 3. The third-order valence-electron chi connectivity index (χ3n) is 11.5. The number of aromatic nitrogens is 2. The minimum Gasteiger partial charge on any atom is -0.491 e. The maximum atomic E-state index is 14.3. The van der Waals surface area contributed by atoms with Crippen molar-refractivity contribution in [3.8, 4) is 22.9 Å². The average Bonchev–Trinajstić information content (AvgIpc) is 3.45. The summed E-state index contributed by atoms with van der Waals surface area (Å²) in [7, 11) is 0. The number of anilines is 1. The molecule has 2 saturated carbocycles. The second-order valence-electron chi connectivity index (χ2n) is 17.9. The van der Waals surface area contributed by atoms with Crippen LogP contribution in [0, 0.1) is 17.3 Å². The lowest BCUT2D eigenvalue weighted by Crippen LogP contribution is -2.57. The Bertz CT molecular complexity index is 1970. The van der Waals surface area contributed by atoms with Gasteiger partial charge in [0.2, 0.25) is 11.8 Å². The molecule has 6 atom stereocenters. The van der Waals surface area contributed by atoms with Gasteiger partial charge in [-0.1, -0.05) is 32.4 Å². The van der Waals surface area contributed by atoms with Gasteiger partial charge in [-0.15, -0.1) is 0 Å². The molecular weight excluding hydrogens is 754 g/mol. The number of nitrogens with zero attached hydrogens (tertiary/aromatic N) is 4. The Balaban J connectivity index is 1.13. The number of morpholine rings is 1. The highest BCUT2D eigenvalue weighted by molar-refractivity contribution is 6.36. The topological polar surface area (TPSA) is 184 Å². The van der Waals surface area contributed by atoms with E-state index in [0.29, 0.717) is 83.0 Å². The molecule has 4 aliphatic rings. The van der Waals surface area contributed by atoms with E-state index in [9.17, 15) is 14.4 Å². The largest absolute Gasteiger partial charge is 0.491 e. The second kappa shape index (κ2) is 16.1. The maximum absolute atomic E-state index is 14.3. The number of oxazole rings is 1. The summed E-state index contributed by atoms with van der Waals surface area (Å²) < 4.78 is 30.0. The average molecular weight is 810 g/mol. The molecule has 57 heavy (non-hydrogen) atoms. The van der Waals surface area contributed by atoms with Crippen LogP contribution in [0.5, 0.6) is 11.5 Å². The van der Waals surface area contributed by atoms with E-state index in [1.807, 2.05) is 40.7 Å². The standard InChI is InChI=1S/C41H56ClN7O8/c1-22(2)44-38-46-29(20-55-38)28-18-32(27-8-9-31(33(42)34(27)45-28)54-13-11-48-10-12-53-21-41(48,6)7)56-26-17-30(36(43)50)49(19-26)37(51)35(40(3,4)5)47-39(52)57-25-15-23-14-24(23)16-25/h8-9,18,20,22-26,30,35H,10-17,19,21H2,1-7H3,(H2,43,50)(H,44,46)(H,47,52)/t23-,24+,25?,26?,30-,35+/m0/s1. The highest BCUT2D eigenvalue weighted by Crippen LogP contribution is 2.52. The first-order valence-electron chi connectivity index (χ1n) is 20.0. The smallest absolute Gasteiger partial charge is 0.408 e. The van der Waals surface area contributed by atoms with Crippen LogP contribution < -0.4 is 25.8 Å². The summed E-state index contributed by atoms with van der Waals surface area (Å²) in [5.41, 5.74) is 6.38. The molecule has 2 aromatic heterocycles. The number of halogens is 1. The van der Waals surface area contributed by atoms with Gasteiger partial charge in [-0.3, -0.25) is 14.5 Å². The fraction of sp³-hybridized carbons (Fsp3) is 0.634. The van der Waals surface area contributed by atoms with Crippen molar-refractivity contribution in [2.75, 3.05) is 44.8 Å². The monoisotopic (exact) mass is 809 g/mol. The Kier molecular flexibility index (Phi) is 11.6. The SMILES string of the molecule is CC(C)Nc1nc(-c2cc(OC3C[C@@H](C(N)=O)N(C(=O)[C@@H](NC(=O)OC4C[C@@H]5C[C@@H]5C4)C(C)(C)C)C3)c3ccc(OCCN4CCOCC4(C)C)c(Cl)c3n2)co1. The molecule has 4 N–H and O–H groups in total. The van der Waals surface area contributed by atoms with Crippen LogP contribution in [-0.4, -0.2) is 113 Å². The van der Waals surface area contributed by atoms with E-state index < -0.39 is 41.5 Å². The van der Waals surface area contributed by atoms with E-state index in [4.69, 9.17) is 45.7 Å². The van der Waals surface area contributed by atoms with E-state index >= 15 is 0 Å². The van der Waals surface area contributed by atoms with Gasteiger partial charge in [-0.2, -0.15) is 4.98 Å². The number of fused-ring (bicyclic) bond motifs is 2. The Morgan fingerprint density at radius 2 is 1.81 bits per heavy atom. The molecule has 1 aromatic carbocycles. The number of amides is 3. The molecule has 4 fully saturated rings. The molecule has 3 aromatic rings. The zero-order valence-electron chi connectivity index (χ0n) is 33.9. The normalized spacial score (nSPS) is 24.9. The zero-order valence-corrected chi connectivity index (χ0v) is 34.7. The van der Waals surface area contributed by atoms with Gasteiger partial charge in [-0.05, 0) is 76.3 Å². The number of carbonyl (C=O) groups is 3. The number of likely N-dealkylation sites (tertiary alicyclic amines) is 1. The number of nitrogens with one attached hydrogen (secondary N) is 2. The van der Waals surface area contributed by atoms with Crippen molar-refractivity contribution >= 4 is 46.4 Å². The lowest BCUT2D eigenvalue weighted by molar-refractivity contribution is -0.141. The van der Waals surface area contributed by atoms with E-state index in [2.05, 4.69) is 34.4 Å². The second-order valence-corrected chi connectivity index (χ2v) is 18.3. The molecule has 4 heterocycles. The lowest BCUT2D eigenvalue weighted by atomic mass is 9.85. The molecule has 2 unspecified atom stereocenters. The Morgan fingerprint density at radius 1 is 1.05 bits per heavy atom. The van der Waals surface area contributed by atoms with Crippen molar-refractivity contribution in [3.05, 3.63) is 29.5 Å². The van der Waals surface area contributed by atoms with E-state index in [1.165, 1.54) is 17.6 Å². The van der Waals surface area contributed by atoms with Crippen LogP contribution in [0.15, 0.2) is 28.9 Å². The minimum atomic E-state index is -0.984. The summed E-state index contributed by atoms with van der Waals surface area (Å²) in [5, 5.41) is 6.86. The van der Waals surface area contributed by atoms with Gasteiger partial charge in [0.15, 0.2) is 0 Å². The van der Waals surface area contributed by atoms with Crippen LogP contribution in [0.4, 0.5) is 10.8 Å². The minimum absolute atomic E-state index is 0.0418. The van der Waals surface area contributed by atoms with Gasteiger partial charge >= 0.3 is 6.09 Å². The fourth-order valence-corrected chi connectivity index (χ4v) is 8.54. The number of ether oxygens (including phenoxy) is 4. The van der Waals surface area contributed by atoms with Gasteiger partial charge in [0.05, 0.1) is 31.0 Å². The number of primary amides is 1. The molecular formula is C41H56ClN7O8.